The molecule has 0 heterocycles. The number of carbonyl (C=O) groups is 1. The van der Waals surface area contributed by atoms with Crippen molar-refractivity contribution in [1.82, 2.24) is 0 Å². The summed E-state index contributed by atoms with van der Waals surface area (Å²) in [5.41, 5.74) is 0.0829. The lowest BCUT2D eigenvalue weighted by Crippen LogP contribution is -2.15. The van der Waals surface area contributed by atoms with Crippen LogP contribution in [0.4, 0.5) is 13.2 Å². The van der Waals surface area contributed by atoms with Crippen LogP contribution in [-0.4, -0.2) is 5.78 Å². The summed E-state index contributed by atoms with van der Waals surface area (Å²) in [6.07, 6.45) is -2.95. The van der Waals surface area contributed by atoms with Gasteiger partial charge in [-0.3, -0.25) is 4.79 Å². The molecular formula is C14H17F3O. The third kappa shape index (κ3) is 3.12. The predicted molar refractivity (Wildman–Crippen MR) is 64.6 cm³/mol. The van der Waals surface area contributed by atoms with Gasteiger partial charge in [0.25, 0.3) is 0 Å². The first-order chi connectivity index (χ1) is 8.31. The van der Waals surface area contributed by atoms with Gasteiger partial charge in [-0.05, 0) is 37.5 Å². The van der Waals surface area contributed by atoms with E-state index in [0.29, 0.717) is 24.0 Å². The van der Waals surface area contributed by atoms with Crippen molar-refractivity contribution in [2.45, 2.75) is 39.8 Å². The van der Waals surface area contributed by atoms with Crippen molar-refractivity contribution in [1.29, 1.82) is 0 Å². The Balaban J connectivity index is 3.10. The van der Waals surface area contributed by atoms with Crippen LogP contribution in [0.3, 0.4) is 0 Å². The standard InChI is InChI=1S/C14H17F3O/c1-4-10(5-2)13(18)12-7-6-11(8-9(12)3)14(15,16)17/h6-8,10H,4-5H2,1-3H3. The summed E-state index contributed by atoms with van der Waals surface area (Å²) < 4.78 is 37.5. The zero-order chi connectivity index (χ0) is 13.9. The summed E-state index contributed by atoms with van der Waals surface area (Å²) in [4.78, 5) is 12.1. The number of aryl methyl sites for hydroxylation is 1. The van der Waals surface area contributed by atoms with Crippen LogP contribution in [-0.2, 0) is 6.18 Å². The molecule has 0 unspecified atom stereocenters. The highest BCUT2D eigenvalue weighted by atomic mass is 19.4. The van der Waals surface area contributed by atoms with Gasteiger partial charge in [0.05, 0.1) is 5.56 Å². The van der Waals surface area contributed by atoms with E-state index in [1.54, 1.807) is 6.92 Å². The molecule has 0 aliphatic carbocycles. The Morgan fingerprint density at radius 2 is 1.78 bits per heavy atom. The van der Waals surface area contributed by atoms with Crippen molar-refractivity contribution in [2.75, 3.05) is 0 Å². The Bertz CT molecular complexity index is 431. The Kier molecular flexibility index (Phi) is 4.54. The second kappa shape index (κ2) is 5.55. The molecule has 0 saturated carbocycles. The molecule has 4 heteroatoms. The molecule has 0 aliphatic heterocycles. The number of carbonyl (C=O) groups excluding carboxylic acids is 1. The van der Waals surface area contributed by atoms with E-state index in [4.69, 9.17) is 0 Å². The minimum absolute atomic E-state index is 0.0637. The van der Waals surface area contributed by atoms with Gasteiger partial charge in [0.1, 0.15) is 0 Å². The van der Waals surface area contributed by atoms with Crippen LogP contribution in [0.5, 0.6) is 0 Å². The van der Waals surface area contributed by atoms with Crippen LogP contribution in [0.15, 0.2) is 18.2 Å². The third-order valence-electron chi connectivity index (χ3n) is 3.18. The fraction of sp³-hybridized carbons (Fsp3) is 0.500. The number of Topliss-reactive ketones (excluding diaryl/α,β-unsaturated/α-hetero) is 1. The molecule has 0 fully saturated rings. The second-order valence-corrected chi connectivity index (χ2v) is 4.41. The zero-order valence-corrected chi connectivity index (χ0v) is 10.8. The van der Waals surface area contributed by atoms with Gasteiger partial charge >= 0.3 is 6.18 Å². The fourth-order valence-electron chi connectivity index (χ4n) is 2.00. The van der Waals surface area contributed by atoms with Gasteiger partial charge in [0, 0.05) is 11.5 Å². The molecule has 0 saturated heterocycles. The van der Waals surface area contributed by atoms with Gasteiger partial charge in [-0.15, -0.1) is 0 Å². The molecule has 0 atom stereocenters. The SMILES string of the molecule is CCC(CC)C(=O)c1ccc(C(F)(F)F)cc1C. The van der Waals surface area contributed by atoms with E-state index in [9.17, 15) is 18.0 Å². The van der Waals surface area contributed by atoms with E-state index >= 15 is 0 Å². The molecular weight excluding hydrogens is 241 g/mol. The van der Waals surface area contributed by atoms with Crippen LogP contribution in [0, 0.1) is 12.8 Å². The number of benzene rings is 1. The Morgan fingerprint density at radius 3 is 2.17 bits per heavy atom. The van der Waals surface area contributed by atoms with Crippen LogP contribution < -0.4 is 0 Å². The first-order valence-corrected chi connectivity index (χ1v) is 6.03. The summed E-state index contributed by atoms with van der Waals surface area (Å²) in [6.45, 7) is 5.36. The molecule has 0 spiro atoms. The maximum atomic E-state index is 12.5. The Labute approximate surface area is 105 Å². The molecule has 1 aromatic rings. The molecule has 0 N–H and O–H groups in total. The minimum Gasteiger partial charge on any atom is -0.294 e. The smallest absolute Gasteiger partial charge is 0.294 e. The number of ketones is 1. The van der Waals surface area contributed by atoms with Crippen LogP contribution >= 0.6 is 0 Å². The average Bonchev–Trinajstić information content (AvgIpc) is 2.29. The van der Waals surface area contributed by atoms with Crippen molar-refractivity contribution < 1.29 is 18.0 Å². The molecule has 1 rings (SSSR count). The van der Waals surface area contributed by atoms with E-state index in [0.717, 1.165) is 12.1 Å². The largest absolute Gasteiger partial charge is 0.416 e. The van der Waals surface area contributed by atoms with E-state index in [1.807, 2.05) is 13.8 Å². The molecule has 1 aromatic carbocycles. The predicted octanol–water partition coefficient (Wildman–Crippen LogP) is 4.63. The van der Waals surface area contributed by atoms with Gasteiger partial charge in [0.2, 0.25) is 0 Å². The Hall–Kier alpha value is -1.32. The quantitative estimate of drug-likeness (QED) is 0.719. The second-order valence-electron chi connectivity index (χ2n) is 4.41. The number of rotatable bonds is 4. The zero-order valence-electron chi connectivity index (χ0n) is 10.8. The van der Waals surface area contributed by atoms with E-state index in [2.05, 4.69) is 0 Å². The van der Waals surface area contributed by atoms with Crippen LogP contribution in [0.25, 0.3) is 0 Å². The normalized spacial score (nSPS) is 11.9. The van der Waals surface area contributed by atoms with Crippen molar-refractivity contribution in [3.8, 4) is 0 Å². The Morgan fingerprint density at radius 1 is 1.22 bits per heavy atom. The number of alkyl halides is 3. The molecule has 100 valence electrons. The highest BCUT2D eigenvalue weighted by Crippen LogP contribution is 2.31. The van der Waals surface area contributed by atoms with Gasteiger partial charge in [-0.1, -0.05) is 19.9 Å². The van der Waals surface area contributed by atoms with Crippen molar-refractivity contribution >= 4 is 5.78 Å². The summed E-state index contributed by atoms with van der Waals surface area (Å²) in [6, 6.07) is 3.30. The lowest BCUT2D eigenvalue weighted by atomic mass is 9.90. The lowest BCUT2D eigenvalue weighted by molar-refractivity contribution is -0.137. The van der Waals surface area contributed by atoms with Gasteiger partial charge in [-0.25, -0.2) is 0 Å². The number of hydrogen-bond donors (Lipinski definition) is 0. The van der Waals surface area contributed by atoms with Gasteiger partial charge in [-0.2, -0.15) is 13.2 Å². The average molecular weight is 258 g/mol. The van der Waals surface area contributed by atoms with Crippen LogP contribution in [0.1, 0.15) is 48.2 Å². The van der Waals surface area contributed by atoms with Crippen molar-refractivity contribution in [3.63, 3.8) is 0 Å². The summed E-state index contributed by atoms with van der Waals surface area (Å²) in [5, 5.41) is 0. The first-order valence-electron chi connectivity index (χ1n) is 6.03. The molecule has 1 nitrogen and oxygen atoms in total. The topological polar surface area (TPSA) is 17.1 Å². The molecule has 0 amide bonds. The van der Waals surface area contributed by atoms with Gasteiger partial charge in [0.15, 0.2) is 5.78 Å². The molecule has 18 heavy (non-hydrogen) atoms. The maximum absolute atomic E-state index is 12.5. The van der Waals surface area contributed by atoms with Crippen molar-refractivity contribution in [3.05, 3.63) is 34.9 Å². The molecule has 0 bridgehead atoms. The number of halogens is 3. The third-order valence-corrected chi connectivity index (χ3v) is 3.18. The first kappa shape index (κ1) is 14.7. The summed E-state index contributed by atoms with van der Waals surface area (Å²) >= 11 is 0. The summed E-state index contributed by atoms with van der Waals surface area (Å²) in [7, 11) is 0. The fourth-order valence-corrected chi connectivity index (χ4v) is 2.00. The van der Waals surface area contributed by atoms with Crippen molar-refractivity contribution in [2.24, 2.45) is 5.92 Å². The highest BCUT2D eigenvalue weighted by molar-refractivity contribution is 5.99. The molecule has 0 radical (unpaired) electrons. The molecule has 0 aliphatic rings. The summed E-state index contributed by atoms with van der Waals surface area (Å²) in [5.74, 6) is -0.174. The molecule has 0 aromatic heterocycles. The number of hydrogen-bond acceptors (Lipinski definition) is 1. The van der Waals surface area contributed by atoms with Crippen LogP contribution in [0.2, 0.25) is 0 Å². The van der Waals surface area contributed by atoms with E-state index < -0.39 is 11.7 Å². The minimum atomic E-state index is -4.36. The maximum Gasteiger partial charge on any atom is 0.416 e. The van der Waals surface area contributed by atoms with Gasteiger partial charge < -0.3 is 0 Å². The van der Waals surface area contributed by atoms with E-state index in [1.165, 1.54) is 6.07 Å². The lowest BCUT2D eigenvalue weighted by Gasteiger charge is -2.14. The van der Waals surface area contributed by atoms with E-state index in [-0.39, 0.29) is 11.7 Å². The highest BCUT2D eigenvalue weighted by Gasteiger charge is 2.31. The monoisotopic (exact) mass is 258 g/mol.